The first-order chi connectivity index (χ1) is 11.7. The van der Waals surface area contributed by atoms with Crippen molar-refractivity contribution < 1.29 is 14.3 Å². The Morgan fingerprint density at radius 3 is 2.52 bits per heavy atom. The number of aryl methyl sites for hydroxylation is 1. The Morgan fingerprint density at radius 1 is 1.24 bits per heavy atom. The number of carbonyl (C=O) groups excluding carboxylic acids is 1. The van der Waals surface area contributed by atoms with Crippen molar-refractivity contribution in [3.8, 4) is 0 Å². The van der Waals surface area contributed by atoms with Gasteiger partial charge in [0.1, 0.15) is 5.60 Å². The second-order valence-electron chi connectivity index (χ2n) is 7.47. The van der Waals surface area contributed by atoms with Gasteiger partial charge in [0, 0.05) is 25.7 Å². The van der Waals surface area contributed by atoms with Crippen molar-refractivity contribution in [3.05, 3.63) is 35.4 Å². The van der Waals surface area contributed by atoms with Crippen molar-refractivity contribution in [2.24, 2.45) is 0 Å². The van der Waals surface area contributed by atoms with Crippen LogP contribution in [0.5, 0.6) is 0 Å². The lowest BCUT2D eigenvalue weighted by Gasteiger charge is -2.24. The van der Waals surface area contributed by atoms with Gasteiger partial charge in [0.15, 0.2) is 0 Å². The number of carbonyl (C=O) groups is 1. The third-order valence-electron chi connectivity index (χ3n) is 3.91. The summed E-state index contributed by atoms with van der Waals surface area (Å²) in [5.74, 6) is 0. The molecular weight excluding hydrogens is 316 g/mol. The highest BCUT2D eigenvalue weighted by molar-refractivity contribution is 5.67. The van der Waals surface area contributed by atoms with E-state index in [0.29, 0.717) is 13.2 Å². The minimum atomic E-state index is -0.465. The van der Waals surface area contributed by atoms with Crippen molar-refractivity contribution in [2.45, 2.75) is 65.1 Å². The SMILES string of the molecule is COCC(CCCNC(=O)OC(C)(C)C)NC(C)c1ccccc1C. The molecule has 0 aliphatic carbocycles. The first-order valence-electron chi connectivity index (χ1n) is 9.00. The van der Waals surface area contributed by atoms with E-state index < -0.39 is 5.60 Å². The molecule has 5 heteroatoms. The fraction of sp³-hybridized carbons (Fsp3) is 0.650. The quantitative estimate of drug-likeness (QED) is 0.662. The Kier molecular flexibility index (Phi) is 8.93. The maximum atomic E-state index is 11.7. The van der Waals surface area contributed by atoms with Gasteiger partial charge in [-0.25, -0.2) is 4.79 Å². The van der Waals surface area contributed by atoms with Gasteiger partial charge in [-0.2, -0.15) is 0 Å². The number of nitrogens with one attached hydrogen (secondary N) is 2. The van der Waals surface area contributed by atoms with Gasteiger partial charge in [-0.05, 0) is 58.6 Å². The summed E-state index contributed by atoms with van der Waals surface area (Å²) < 4.78 is 10.6. The van der Waals surface area contributed by atoms with Gasteiger partial charge < -0.3 is 20.1 Å². The molecule has 1 amide bonds. The van der Waals surface area contributed by atoms with Crippen LogP contribution in [0.2, 0.25) is 0 Å². The molecule has 2 atom stereocenters. The Balaban J connectivity index is 2.42. The molecule has 5 nitrogen and oxygen atoms in total. The van der Waals surface area contributed by atoms with Crippen LogP contribution in [-0.2, 0) is 9.47 Å². The molecule has 0 heterocycles. The van der Waals surface area contributed by atoms with E-state index in [1.165, 1.54) is 11.1 Å². The number of alkyl carbamates (subject to hydrolysis) is 1. The fourth-order valence-corrected chi connectivity index (χ4v) is 2.79. The average Bonchev–Trinajstić information content (AvgIpc) is 2.50. The third kappa shape index (κ3) is 8.89. The van der Waals surface area contributed by atoms with Gasteiger partial charge in [-0.1, -0.05) is 24.3 Å². The molecule has 1 aromatic rings. The van der Waals surface area contributed by atoms with Gasteiger partial charge >= 0.3 is 6.09 Å². The van der Waals surface area contributed by atoms with Gasteiger partial charge in [0.25, 0.3) is 0 Å². The molecule has 142 valence electrons. The van der Waals surface area contributed by atoms with Crippen molar-refractivity contribution in [1.82, 2.24) is 10.6 Å². The third-order valence-corrected chi connectivity index (χ3v) is 3.91. The molecule has 2 N–H and O–H groups in total. The Hall–Kier alpha value is -1.59. The van der Waals surface area contributed by atoms with Crippen LogP contribution >= 0.6 is 0 Å². The minimum Gasteiger partial charge on any atom is -0.444 e. The van der Waals surface area contributed by atoms with Crippen LogP contribution in [0.25, 0.3) is 0 Å². The lowest BCUT2D eigenvalue weighted by atomic mass is 10.0. The van der Waals surface area contributed by atoms with Gasteiger partial charge in [0.2, 0.25) is 0 Å². The standard InChI is InChI=1S/C20H34N2O3/c1-15-10-7-8-12-18(15)16(2)22-17(14-24-6)11-9-13-21-19(23)25-20(3,4)5/h7-8,10,12,16-17,22H,9,11,13-14H2,1-6H3,(H,21,23). The number of ether oxygens (including phenoxy) is 2. The second kappa shape index (κ2) is 10.4. The Bertz CT molecular complexity index is 526. The van der Waals surface area contributed by atoms with Crippen molar-refractivity contribution >= 4 is 6.09 Å². The van der Waals surface area contributed by atoms with Gasteiger partial charge in [0.05, 0.1) is 6.61 Å². The van der Waals surface area contributed by atoms with Crippen molar-refractivity contribution in [1.29, 1.82) is 0 Å². The number of benzene rings is 1. The lowest BCUT2D eigenvalue weighted by Crippen LogP contribution is -2.37. The zero-order valence-electron chi connectivity index (χ0n) is 16.5. The summed E-state index contributed by atoms with van der Waals surface area (Å²) >= 11 is 0. The molecule has 2 unspecified atom stereocenters. The van der Waals surface area contributed by atoms with Crippen molar-refractivity contribution in [2.75, 3.05) is 20.3 Å². The molecule has 1 aromatic carbocycles. The second-order valence-corrected chi connectivity index (χ2v) is 7.47. The van der Waals surface area contributed by atoms with E-state index in [9.17, 15) is 4.79 Å². The van der Waals surface area contributed by atoms with Crippen LogP contribution < -0.4 is 10.6 Å². The molecule has 0 spiro atoms. The molecule has 0 aliphatic heterocycles. The average molecular weight is 351 g/mol. The number of hydrogen-bond acceptors (Lipinski definition) is 4. The summed E-state index contributed by atoms with van der Waals surface area (Å²) in [6.45, 7) is 11.1. The molecule has 0 bridgehead atoms. The smallest absolute Gasteiger partial charge is 0.407 e. The largest absolute Gasteiger partial charge is 0.444 e. The normalized spacial score (nSPS) is 14.0. The highest BCUT2D eigenvalue weighted by Gasteiger charge is 2.17. The summed E-state index contributed by atoms with van der Waals surface area (Å²) in [5, 5.41) is 6.43. The van der Waals surface area contributed by atoms with E-state index >= 15 is 0 Å². The maximum absolute atomic E-state index is 11.7. The first kappa shape index (κ1) is 21.5. The first-order valence-corrected chi connectivity index (χ1v) is 9.00. The molecule has 0 aliphatic rings. The van der Waals surface area contributed by atoms with Crippen LogP contribution in [0.1, 0.15) is 57.7 Å². The Labute approximate surface area is 152 Å². The minimum absolute atomic E-state index is 0.236. The summed E-state index contributed by atoms with van der Waals surface area (Å²) in [6.07, 6.45) is 1.41. The molecule has 0 saturated carbocycles. The fourth-order valence-electron chi connectivity index (χ4n) is 2.79. The molecule has 1 rings (SSSR count). The highest BCUT2D eigenvalue weighted by Crippen LogP contribution is 2.18. The predicted octanol–water partition coefficient (Wildman–Crippen LogP) is 3.97. The summed E-state index contributed by atoms with van der Waals surface area (Å²) in [4.78, 5) is 11.7. The van der Waals surface area contributed by atoms with E-state index in [1.54, 1.807) is 7.11 Å². The number of rotatable bonds is 9. The molecule has 0 saturated heterocycles. The van der Waals surface area contributed by atoms with Gasteiger partial charge in [-0.3, -0.25) is 0 Å². The zero-order chi connectivity index (χ0) is 18.9. The monoisotopic (exact) mass is 350 g/mol. The maximum Gasteiger partial charge on any atom is 0.407 e. The summed E-state index contributed by atoms with van der Waals surface area (Å²) in [6, 6.07) is 8.89. The van der Waals surface area contributed by atoms with E-state index in [4.69, 9.17) is 9.47 Å². The number of hydrogen-bond donors (Lipinski definition) is 2. The lowest BCUT2D eigenvalue weighted by molar-refractivity contribution is 0.0526. The zero-order valence-corrected chi connectivity index (χ0v) is 16.5. The molecule has 25 heavy (non-hydrogen) atoms. The van der Waals surface area contributed by atoms with Crippen molar-refractivity contribution in [3.63, 3.8) is 0 Å². The topological polar surface area (TPSA) is 59.6 Å². The Morgan fingerprint density at radius 2 is 1.92 bits per heavy atom. The van der Waals surface area contributed by atoms with Crippen LogP contribution in [0.4, 0.5) is 4.79 Å². The molecule has 0 fully saturated rings. The molecule has 0 radical (unpaired) electrons. The van der Waals surface area contributed by atoms with E-state index in [1.807, 2.05) is 20.8 Å². The number of amides is 1. The number of methoxy groups -OCH3 is 1. The van der Waals surface area contributed by atoms with Crippen LogP contribution in [-0.4, -0.2) is 38.0 Å². The van der Waals surface area contributed by atoms with Crippen LogP contribution in [0, 0.1) is 6.92 Å². The summed E-state index contributed by atoms with van der Waals surface area (Å²) in [5.41, 5.74) is 2.12. The van der Waals surface area contributed by atoms with E-state index in [-0.39, 0.29) is 18.2 Å². The predicted molar refractivity (Wildman–Crippen MR) is 102 cm³/mol. The molecule has 0 aromatic heterocycles. The molecular formula is C20H34N2O3. The van der Waals surface area contributed by atoms with Crippen LogP contribution in [0.15, 0.2) is 24.3 Å². The summed E-state index contributed by atoms with van der Waals surface area (Å²) in [7, 11) is 1.71. The highest BCUT2D eigenvalue weighted by atomic mass is 16.6. The van der Waals surface area contributed by atoms with Gasteiger partial charge in [-0.15, -0.1) is 0 Å². The van der Waals surface area contributed by atoms with E-state index in [2.05, 4.69) is 48.7 Å². The van der Waals surface area contributed by atoms with Crippen LogP contribution in [0.3, 0.4) is 0 Å². The van der Waals surface area contributed by atoms with E-state index in [0.717, 1.165) is 12.8 Å².